The molecule has 2 atom stereocenters. The predicted molar refractivity (Wildman–Crippen MR) is 93.1 cm³/mol. The number of halogens is 1. The molecule has 0 aromatic carbocycles. The predicted octanol–water partition coefficient (Wildman–Crippen LogP) is 1.25. The second kappa shape index (κ2) is 12.7. The zero-order valence-corrected chi connectivity index (χ0v) is 15.5. The summed E-state index contributed by atoms with van der Waals surface area (Å²) in [7, 11) is 1.00. The third-order valence-corrected chi connectivity index (χ3v) is 3.23. The maximum Gasteiger partial charge on any atom is 0.319 e. The molecule has 0 aliphatic carbocycles. The molecule has 0 saturated carbocycles. The Balaban J connectivity index is 0.00000104. The third kappa shape index (κ3) is 7.86. The van der Waals surface area contributed by atoms with Crippen molar-refractivity contribution in [1.29, 1.82) is 0 Å². The first-order valence-corrected chi connectivity index (χ1v) is 8.30. The fraction of sp³-hybridized carbons (Fsp3) is 0.667. The average molecular weight is 379 g/mol. The Hall–Kier alpha value is -1.62. The summed E-state index contributed by atoms with van der Waals surface area (Å²) in [6, 6.07) is 0. The van der Waals surface area contributed by atoms with Crippen molar-refractivity contribution in [3.8, 4) is 0 Å². The molecule has 2 rings (SSSR count). The summed E-state index contributed by atoms with van der Waals surface area (Å²) in [5.41, 5.74) is 4.25. The molecule has 2 unspecified atom stereocenters. The van der Waals surface area contributed by atoms with Crippen LogP contribution < -0.4 is 11.3 Å². The zero-order chi connectivity index (χ0) is 19.4. The fourth-order valence-electron chi connectivity index (χ4n) is 1.93. The summed E-state index contributed by atoms with van der Waals surface area (Å²) in [5, 5.41) is 7.00. The number of carbonyl (C=O) groups is 1. The third-order valence-electron chi connectivity index (χ3n) is 2.92. The lowest BCUT2D eigenvalue weighted by atomic mass is 10.2. The minimum Gasteiger partial charge on any atom is -0.462 e. The van der Waals surface area contributed by atoms with E-state index in [-0.39, 0.29) is 24.0 Å². The Kier molecular flexibility index (Phi) is 11.9. The summed E-state index contributed by atoms with van der Waals surface area (Å²) < 4.78 is 25.2. The molecule has 2 heterocycles. The van der Waals surface area contributed by atoms with E-state index in [2.05, 4.69) is 18.8 Å². The molecule has 0 radical (unpaired) electrons. The lowest BCUT2D eigenvalue weighted by molar-refractivity contribution is -0.146. The van der Waals surface area contributed by atoms with Crippen LogP contribution in [0.5, 0.6) is 0 Å². The van der Waals surface area contributed by atoms with Gasteiger partial charge >= 0.3 is 5.97 Å². The lowest BCUT2D eigenvalue weighted by Crippen LogP contribution is -2.24. The van der Waals surface area contributed by atoms with Gasteiger partial charge in [-0.1, -0.05) is 20.3 Å². The van der Waals surface area contributed by atoms with E-state index in [1.54, 1.807) is 0 Å². The second-order valence-electron chi connectivity index (χ2n) is 5.03. The van der Waals surface area contributed by atoms with Gasteiger partial charge in [0.2, 0.25) is 5.82 Å². The molecule has 8 nitrogen and oxygen atoms in total. The van der Waals surface area contributed by atoms with E-state index >= 15 is 0 Å². The van der Waals surface area contributed by atoms with Gasteiger partial charge in [-0.05, 0) is 25.1 Å². The van der Waals surface area contributed by atoms with Gasteiger partial charge in [-0.2, -0.15) is 4.39 Å². The van der Waals surface area contributed by atoms with Gasteiger partial charge in [0, 0.05) is 7.11 Å². The Morgan fingerprint density at radius 1 is 1.52 bits per heavy atom. The number of nitrogens with two attached hydrogens (primary N) is 1. The van der Waals surface area contributed by atoms with Crippen LogP contribution in [0.4, 0.5) is 4.39 Å². The smallest absolute Gasteiger partial charge is 0.319 e. The number of H-pyrrole nitrogens is 1. The number of aromatic amines is 1. The van der Waals surface area contributed by atoms with E-state index in [0.29, 0.717) is 12.8 Å². The average Bonchev–Trinajstić information content (AvgIpc) is 3.07. The van der Waals surface area contributed by atoms with Crippen LogP contribution in [0.25, 0.3) is 0 Å². The van der Waals surface area contributed by atoms with Crippen LogP contribution in [0, 0.1) is 10.6 Å². The topological polar surface area (TPSA) is 120 Å². The van der Waals surface area contributed by atoms with Crippen molar-refractivity contribution in [2.24, 2.45) is 5.73 Å². The summed E-state index contributed by atoms with van der Waals surface area (Å²) in [5.74, 6) is -1.44. The SMILES string of the molecule is CCC.CO.NCC(=O)OCC1CCC(n2cc(F)c(=O)[nH]c2=S)O1. The zero-order valence-electron chi connectivity index (χ0n) is 14.7. The highest BCUT2D eigenvalue weighted by atomic mass is 32.1. The molecule has 10 heteroatoms. The molecule has 1 aromatic rings. The van der Waals surface area contributed by atoms with Gasteiger partial charge in [0.25, 0.3) is 5.56 Å². The van der Waals surface area contributed by atoms with Crippen molar-refractivity contribution >= 4 is 18.2 Å². The molecular formula is C15H26FN3O5S. The number of ether oxygens (including phenoxy) is 2. The Morgan fingerprint density at radius 3 is 2.68 bits per heavy atom. The van der Waals surface area contributed by atoms with E-state index in [9.17, 15) is 14.0 Å². The van der Waals surface area contributed by atoms with E-state index < -0.39 is 23.6 Å². The highest BCUT2D eigenvalue weighted by Gasteiger charge is 2.28. The van der Waals surface area contributed by atoms with Gasteiger partial charge in [-0.15, -0.1) is 0 Å². The number of aliphatic hydroxyl groups is 1. The van der Waals surface area contributed by atoms with Gasteiger partial charge in [-0.3, -0.25) is 19.1 Å². The van der Waals surface area contributed by atoms with Gasteiger partial charge < -0.3 is 20.3 Å². The van der Waals surface area contributed by atoms with Crippen LogP contribution in [0.1, 0.15) is 39.3 Å². The maximum atomic E-state index is 13.3. The van der Waals surface area contributed by atoms with Crippen LogP contribution in [-0.2, 0) is 14.3 Å². The highest BCUT2D eigenvalue weighted by Crippen LogP contribution is 2.28. The minimum absolute atomic E-state index is 0.0843. The first-order chi connectivity index (χ1) is 11.9. The first kappa shape index (κ1) is 23.4. The molecule has 4 N–H and O–H groups in total. The molecule has 1 aromatic heterocycles. The number of rotatable bonds is 4. The normalized spacial score (nSPS) is 18.5. The lowest BCUT2D eigenvalue weighted by Gasteiger charge is -2.16. The van der Waals surface area contributed by atoms with Crippen molar-refractivity contribution in [2.45, 2.75) is 45.4 Å². The quantitative estimate of drug-likeness (QED) is 0.532. The molecule has 0 amide bonds. The molecule has 144 valence electrons. The molecule has 1 saturated heterocycles. The molecule has 25 heavy (non-hydrogen) atoms. The Labute approximate surface area is 150 Å². The summed E-state index contributed by atoms with van der Waals surface area (Å²) in [6.45, 7) is 4.15. The summed E-state index contributed by atoms with van der Waals surface area (Å²) >= 11 is 4.96. The number of aromatic nitrogens is 2. The number of aliphatic hydroxyl groups excluding tert-OH is 1. The van der Waals surface area contributed by atoms with Crippen molar-refractivity contribution in [3.05, 3.63) is 27.1 Å². The molecular weight excluding hydrogens is 353 g/mol. The van der Waals surface area contributed by atoms with E-state index in [1.807, 2.05) is 0 Å². The van der Waals surface area contributed by atoms with Crippen LogP contribution in [-0.4, -0.2) is 47.0 Å². The maximum absolute atomic E-state index is 13.3. The van der Waals surface area contributed by atoms with Gasteiger partial charge in [0.1, 0.15) is 12.8 Å². The standard InChI is InChI=1S/C11H14FN3O4S.C3H8.CH4O/c12-7-4-15(11(20)14-10(7)17)8-2-1-6(19-8)5-18-9(16)3-13;1-3-2;1-2/h4,6,8H,1-3,5,13H2,(H,14,17,20);3H2,1-2H3;2H,1H3. The molecule has 1 fully saturated rings. The number of esters is 1. The van der Waals surface area contributed by atoms with Crippen molar-refractivity contribution in [2.75, 3.05) is 20.3 Å². The molecule has 0 spiro atoms. The van der Waals surface area contributed by atoms with Gasteiger partial charge in [-0.25, -0.2) is 0 Å². The van der Waals surface area contributed by atoms with Gasteiger partial charge in [0.05, 0.1) is 18.8 Å². The number of nitrogens with zero attached hydrogens (tertiary/aromatic N) is 1. The number of nitrogens with one attached hydrogen (secondary N) is 1. The number of hydrogen-bond acceptors (Lipinski definition) is 7. The Morgan fingerprint density at radius 2 is 2.12 bits per heavy atom. The van der Waals surface area contributed by atoms with Crippen molar-refractivity contribution < 1.29 is 23.8 Å². The summed E-state index contributed by atoms with van der Waals surface area (Å²) in [4.78, 5) is 24.2. The van der Waals surface area contributed by atoms with Crippen LogP contribution in [0.2, 0.25) is 0 Å². The Bertz CT molecular complexity index is 634. The minimum atomic E-state index is -0.930. The number of carbonyl (C=O) groups excluding carboxylic acids is 1. The fourth-order valence-corrected chi connectivity index (χ4v) is 2.20. The van der Waals surface area contributed by atoms with Crippen molar-refractivity contribution in [1.82, 2.24) is 9.55 Å². The number of hydrogen-bond donors (Lipinski definition) is 3. The summed E-state index contributed by atoms with van der Waals surface area (Å²) in [6.07, 6.45) is 2.68. The highest BCUT2D eigenvalue weighted by molar-refractivity contribution is 7.71. The van der Waals surface area contributed by atoms with Crippen LogP contribution >= 0.6 is 12.2 Å². The molecule has 1 aliphatic rings. The van der Waals surface area contributed by atoms with Gasteiger partial charge in [0.15, 0.2) is 4.77 Å². The van der Waals surface area contributed by atoms with Crippen LogP contribution in [0.3, 0.4) is 0 Å². The van der Waals surface area contributed by atoms with E-state index in [0.717, 1.165) is 13.3 Å². The van der Waals surface area contributed by atoms with E-state index in [1.165, 1.54) is 11.0 Å². The molecule has 1 aliphatic heterocycles. The van der Waals surface area contributed by atoms with Crippen molar-refractivity contribution in [3.63, 3.8) is 0 Å². The van der Waals surface area contributed by atoms with Crippen LogP contribution in [0.15, 0.2) is 11.0 Å². The largest absolute Gasteiger partial charge is 0.462 e. The monoisotopic (exact) mass is 379 g/mol. The molecule has 0 bridgehead atoms. The van der Waals surface area contributed by atoms with E-state index in [4.69, 9.17) is 32.5 Å². The second-order valence-corrected chi connectivity index (χ2v) is 5.41. The first-order valence-electron chi connectivity index (χ1n) is 7.89.